The number of Topliss-reactive ketones (excluding diaryl/α,β-unsaturated/α-hetero) is 1. The van der Waals surface area contributed by atoms with Crippen LogP contribution in [0, 0.1) is 11.3 Å². The summed E-state index contributed by atoms with van der Waals surface area (Å²) in [7, 11) is 1.53. The normalized spacial score (nSPS) is 13.7. The third-order valence-electron chi connectivity index (χ3n) is 5.13. The van der Waals surface area contributed by atoms with E-state index in [4.69, 9.17) is 14.7 Å². The van der Waals surface area contributed by atoms with Crippen LogP contribution in [-0.2, 0) is 4.79 Å². The molecule has 0 bridgehead atoms. The number of carbonyl (C=O) groups excluding carboxylic acids is 2. The monoisotopic (exact) mass is 419 g/mol. The number of ether oxygens (including phenoxy) is 2. The molecule has 1 heterocycles. The Labute approximate surface area is 182 Å². The van der Waals surface area contributed by atoms with E-state index in [0.717, 1.165) is 24.3 Å². The molecule has 0 unspecified atom stereocenters. The van der Waals surface area contributed by atoms with Gasteiger partial charge in [-0.3, -0.25) is 9.59 Å². The molecule has 0 aromatic heterocycles. The zero-order valence-electron chi connectivity index (χ0n) is 17.7. The Morgan fingerprint density at radius 3 is 2.39 bits per heavy atom. The van der Waals surface area contributed by atoms with Gasteiger partial charge in [0.1, 0.15) is 6.07 Å². The highest BCUT2D eigenvalue weighted by molar-refractivity contribution is 5.94. The van der Waals surface area contributed by atoms with E-state index >= 15 is 0 Å². The van der Waals surface area contributed by atoms with Crippen LogP contribution in [0.25, 0.3) is 6.08 Å². The van der Waals surface area contributed by atoms with Crippen molar-refractivity contribution in [2.45, 2.75) is 6.92 Å². The number of nitrogens with zero attached hydrogens (tertiary/aromatic N) is 3. The zero-order valence-corrected chi connectivity index (χ0v) is 17.7. The van der Waals surface area contributed by atoms with Gasteiger partial charge in [-0.15, -0.1) is 0 Å². The van der Waals surface area contributed by atoms with E-state index in [-0.39, 0.29) is 18.3 Å². The second-order valence-corrected chi connectivity index (χ2v) is 7.11. The van der Waals surface area contributed by atoms with Crippen molar-refractivity contribution in [3.05, 3.63) is 59.7 Å². The van der Waals surface area contributed by atoms with Crippen LogP contribution in [0.15, 0.2) is 48.5 Å². The molecule has 0 aliphatic carbocycles. The second-order valence-electron chi connectivity index (χ2n) is 7.11. The Balaban J connectivity index is 1.56. The molecular weight excluding hydrogens is 394 g/mol. The van der Waals surface area contributed by atoms with Crippen LogP contribution < -0.4 is 14.4 Å². The predicted octanol–water partition coefficient (Wildman–Crippen LogP) is 3.16. The van der Waals surface area contributed by atoms with Crippen LogP contribution in [0.5, 0.6) is 11.5 Å². The van der Waals surface area contributed by atoms with Gasteiger partial charge in [-0.25, -0.2) is 0 Å². The number of piperazine rings is 1. The molecular formula is C24H25N3O4. The predicted molar refractivity (Wildman–Crippen MR) is 118 cm³/mol. The summed E-state index contributed by atoms with van der Waals surface area (Å²) < 4.78 is 10.6. The lowest BCUT2D eigenvalue weighted by Gasteiger charge is -2.35. The van der Waals surface area contributed by atoms with Crippen molar-refractivity contribution in [2.24, 2.45) is 0 Å². The molecule has 0 spiro atoms. The first-order valence-corrected chi connectivity index (χ1v) is 10.0. The van der Waals surface area contributed by atoms with E-state index in [9.17, 15) is 9.59 Å². The van der Waals surface area contributed by atoms with Crippen molar-refractivity contribution in [3.63, 3.8) is 0 Å². The van der Waals surface area contributed by atoms with Crippen molar-refractivity contribution in [2.75, 3.05) is 44.8 Å². The van der Waals surface area contributed by atoms with Gasteiger partial charge < -0.3 is 19.3 Å². The van der Waals surface area contributed by atoms with Gasteiger partial charge in [0.05, 0.1) is 7.11 Å². The SMILES string of the molecule is COc1cc(/C=C/C(=O)N2CCN(c3ccc(C(C)=O)cc3)CC2)ccc1OCC#N. The van der Waals surface area contributed by atoms with Crippen LogP contribution in [0.4, 0.5) is 5.69 Å². The number of benzene rings is 2. The molecule has 7 nitrogen and oxygen atoms in total. The molecule has 1 fully saturated rings. The van der Waals surface area contributed by atoms with Crippen LogP contribution in [0.1, 0.15) is 22.8 Å². The molecule has 2 aromatic carbocycles. The first-order chi connectivity index (χ1) is 15.0. The minimum atomic E-state index is -0.0586. The number of carbonyl (C=O) groups is 2. The van der Waals surface area contributed by atoms with Crippen molar-refractivity contribution in [1.29, 1.82) is 5.26 Å². The van der Waals surface area contributed by atoms with E-state index in [0.29, 0.717) is 30.2 Å². The fourth-order valence-corrected chi connectivity index (χ4v) is 3.38. The van der Waals surface area contributed by atoms with E-state index in [1.54, 1.807) is 31.2 Å². The van der Waals surface area contributed by atoms with Gasteiger partial charge in [0, 0.05) is 43.5 Å². The lowest BCUT2D eigenvalue weighted by atomic mass is 10.1. The van der Waals surface area contributed by atoms with E-state index in [1.165, 1.54) is 7.11 Å². The molecule has 1 saturated heterocycles. The number of ketones is 1. The molecule has 1 aliphatic rings. The minimum absolute atomic E-state index is 0.0460. The number of hydrogen-bond donors (Lipinski definition) is 0. The van der Waals surface area contributed by atoms with Gasteiger partial charge in [0.25, 0.3) is 0 Å². The minimum Gasteiger partial charge on any atom is -0.493 e. The van der Waals surface area contributed by atoms with Gasteiger partial charge in [-0.1, -0.05) is 6.07 Å². The average molecular weight is 419 g/mol. The molecule has 7 heteroatoms. The smallest absolute Gasteiger partial charge is 0.246 e. The highest BCUT2D eigenvalue weighted by Crippen LogP contribution is 2.28. The molecule has 31 heavy (non-hydrogen) atoms. The molecule has 0 saturated carbocycles. The lowest BCUT2D eigenvalue weighted by Crippen LogP contribution is -2.48. The Hall–Kier alpha value is -3.79. The Bertz CT molecular complexity index is 1000. The second kappa shape index (κ2) is 10.3. The largest absolute Gasteiger partial charge is 0.493 e. The summed E-state index contributed by atoms with van der Waals surface area (Å²) in [6.07, 6.45) is 3.30. The fourth-order valence-electron chi connectivity index (χ4n) is 3.38. The van der Waals surface area contributed by atoms with Crippen molar-refractivity contribution in [3.8, 4) is 17.6 Å². The maximum absolute atomic E-state index is 12.6. The fraction of sp³-hybridized carbons (Fsp3) is 0.292. The van der Waals surface area contributed by atoms with Crippen molar-refractivity contribution < 1.29 is 19.1 Å². The third-order valence-corrected chi connectivity index (χ3v) is 5.13. The van der Waals surface area contributed by atoms with Gasteiger partial charge >= 0.3 is 0 Å². The first-order valence-electron chi connectivity index (χ1n) is 10.0. The van der Waals surface area contributed by atoms with Gasteiger partial charge in [0.15, 0.2) is 23.9 Å². The van der Waals surface area contributed by atoms with E-state index < -0.39 is 0 Å². The highest BCUT2D eigenvalue weighted by atomic mass is 16.5. The summed E-state index contributed by atoms with van der Waals surface area (Å²) >= 11 is 0. The van der Waals surface area contributed by atoms with E-state index in [2.05, 4.69) is 4.90 Å². The number of nitriles is 1. The standard InChI is InChI=1S/C24H25N3O4/c1-18(28)20-5-7-21(8-6-20)26-12-14-27(15-13-26)24(29)10-4-19-3-9-22(31-16-11-25)23(17-19)30-2/h3-10,17H,12-16H2,1-2H3/b10-4+. The van der Waals surface area contributed by atoms with Crippen LogP contribution in [0.2, 0.25) is 0 Å². The van der Waals surface area contributed by atoms with Crippen molar-refractivity contribution in [1.82, 2.24) is 4.90 Å². The number of anilines is 1. The molecule has 160 valence electrons. The average Bonchev–Trinajstić information content (AvgIpc) is 2.81. The first kappa shape index (κ1) is 21.9. The van der Waals surface area contributed by atoms with Crippen molar-refractivity contribution >= 4 is 23.5 Å². The summed E-state index contributed by atoms with van der Waals surface area (Å²) in [6, 6.07) is 14.8. The number of amides is 1. The quantitative estimate of drug-likeness (QED) is 0.506. The zero-order chi connectivity index (χ0) is 22.2. The Kier molecular flexibility index (Phi) is 7.28. The summed E-state index contributed by atoms with van der Waals surface area (Å²) in [5, 5.41) is 8.64. The van der Waals surface area contributed by atoms with Gasteiger partial charge in [-0.05, 0) is 55.0 Å². The number of methoxy groups -OCH3 is 1. The molecule has 0 atom stereocenters. The number of hydrogen-bond acceptors (Lipinski definition) is 6. The van der Waals surface area contributed by atoms with Gasteiger partial charge in [-0.2, -0.15) is 5.26 Å². The highest BCUT2D eigenvalue weighted by Gasteiger charge is 2.20. The summed E-state index contributed by atoms with van der Waals surface area (Å²) in [4.78, 5) is 28.0. The maximum Gasteiger partial charge on any atom is 0.246 e. The lowest BCUT2D eigenvalue weighted by molar-refractivity contribution is -0.126. The maximum atomic E-state index is 12.6. The molecule has 0 radical (unpaired) electrons. The number of rotatable bonds is 7. The molecule has 2 aromatic rings. The summed E-state index contributed by atoms with van der Waals surface area (Å²) in [5.41, 5.74) is 2.56. The molecule has 1 amide bonds. The molecule has 1 aliphatic heterocycles. The van der Waals surface area contributed by atoms with Crippen LogP contribution in [0.3, 0.4) is 0 Å². The van der Waals surface area contributed by atoms with Crippen LogP contribution in [-0.4, -0.2) is 56.5 Å². The topological polar surface area (TPSA) is 82.9 Å². The Morgan fingerprint density at radius 2 is 1.77 bits per heavy atom. The van der Waals surface area contributed by atoms with E-state index in [1.807, 2.05) is 41.3 Å². The molecule has 3 rings (SSSR count). The Morgan fingerprint density at radius 1 is 1.06 bits per heavy atom. The summed E-state index contributed by atoms with van der Waals surface area (Å²) in [5.74, 6) is 1.00. The van der Waals surface area contributed by atoms with Crippen LogP contribution >= 0.6 is 0 Å². The van der Waals surface area contributed by atoms with Gasteiger partial charge in [0.2, 0.25) is 5.91 Å². The molecule has 0 N–H and O–H groups in total. The summed E-state index contributed by atoms with van der Waals surface area (Å²) in [6.45, 7) is 4.22. The third kappa shape index (κ3) is 5.64.